The van der Waals surface area contributed by atoms with Crippen LogP contribution in [0.5, 0.6) is 0 Å². The number of hydrogen-bond acceptors (Lipinski definition) is 1. The zero-order chi connectivity index (χ0) is 11.6. The van der Waals surface area contributed by atoms with Gasteiger partial charge in [-0.25, -0.2) is 0 Å². The molecular formula is C12H27NSi. The van der Waals surface area contributed by atoms with Gasteiger partial charge in [0.05, 0.1) is 0 Å². The molecule has 0 radical (unpaired) electrons. The molecule has 0 bridgehead atoms. The molecule has 0 rings (SSSR count). The maximum absolute atomic E-state index is 4.08. The molecule has 0 aliphatic carbocycles. The molecule has 0 aromatic rings. The summed E-state index contributed by atoms with van der Waals surface area (Å²) in [5.74, 6) is 0. The lowest BCUT2D eigenvalue weighted by molar-refractivity contribution is 0.594. The van der Waals surface area contributed by atoms with Gasteiger partial charge in [0.1, 0.15) is 0 Å². The minimum Gasteiger partial charge on any atom is -0.334 e. The standard InChI is InChI=1S/C12H27NSi/c1-9-13-14(10-2,11(3,4)5)12(6,7)8/h10,13H,2,9H2,1,3-8H3. The van der Waals surface area contributed by atoms with E-state index in [0.717, 1.165) is 6.54 Å². The van der Waals surface area contributed by atoms with Gasteiger partial charge in [0.2, 0.25) is 0 Å². The van der Waals surface area contributed by atoms with Gasteiger partial charge in [-0.2, -0.15) is 0 Å². The highest BCUT2D eigenvalue weighted by atomic mass is 28.3. The molecule has 0 aliphatic heterocycles. The van der Waals surface area contributed by atoms with E-state index in [2.05, 4.69) is 65.7 Å². The van der Waals surface area contributed by atoms with Gasteiger partial charge in [-0.05, 0) is 16.6 Å². The molecule has 2 heteroatoms. The summed E-state index contributed by atoms with van der Waals surface area (Å²) < 4.78 is 0. The number of hydrogen-bond donors (Lipinski definition) is 1. The highest BCUT2D eigenvalue weighted by Gasteiger charge is 2.50. The van der Waals surface area contributed by atoms with Crippen molar-refractivity contribution >= 4 is 8.24 Å². The largest absolute Gasteiger partial charge is 0.334 e. The Morgan fingerprint density at radius 3 is 1.50 bits per heavy atom. The third-order valence-corrected chi connectivity index (χ3v) is 9.38. The summed E-state index contributed by atoms with van der Waals surface area (Å²) in [7, 11) is -1.66. The summed E-state index contributed by atoms with van der Waals surface area (Å²) in [6.45, 7) is 21.3. The Morgan fingerprint density at radius 2 is 1.43 bits per heavy atom. The first-order chi connectivity index (χ1) is 6.12. The molecule has 0 saturated carbocycles. The Bertz CT molecular complexity index is 181. The molecule has 0 spiro atoms. The quantitative estimate of drug-likeness (QED) is 0.702. The molecule has 14 heavy (non-hydrogen) atoms. The molecule has 0 amide bonds. The number of nitrogens with one attached hydrogen (secondary N) is 1. The normalized spacial score (nSPS) is 14.2. The lowest BCUT2D eigenvalue weighted by Gasteiger charge is -2.50. The fourth-order valence-electron chi connectivity index (χ4n) is 2.62. The van der Waals surface area contributed by atoms with E-state index in [1.165, 1.54) is 0 Å². The molecule has 1 nitrogen and oxygen atoms in total. The topological polar surface area (TPSA) is 12.0 Å². The first-order valence-electron chi connectivity index (χ1n) is 5.51. The molecule has 84 valence electrons. The Hall–Kier alpha value is -0.0831. The molecule has 0 saturated heterocycles. The maximum Gasteiger partial charge on any atom is 0.160 e. The highest BCUT2D eigenvalue weighted by molar-refractivity contribution is 6.87. The molecule has 0 unspecified atom stereocenters. The van der Waals surface area contributed by atoms with Crippen LogP contribution in [0.2, 0.25) is 10.1 Å². The lowest BCUT2D eigenvalue weighted by atomic mass is 10.2. The van der Waals surface area contributed by atoms with Crippen LogP contribution >= 0.6 is 0 Å². The summed E-state index contributed by atoms with van der Waals surface area (Å²) >= 11 is 0. The molecular weight excluding hydrogens is 186 g/mol. The van der Waals surface area contributed by atoms with E-state index in [1.807, 2.05) is 0 Å². The second kappa shape index (κ2) is 4.19. The molecule has 0 atom stereocenters. The van der Waals surface area contributed by atoms with Gasteiger partial charge in [0.15, 0.2) is 8.24 Å². The number of rotatable bonds is 3. The summed E-state index contributed by atoms with van der Waals surface area (Å²) in [5, 5.41) is 0.617. The van der Waals surface area contributed by atoms with E-state index < -0.39 is 8.24 Å². The van der Waals surface area contributed by atoms with Crippen molar-refractivity contribution in [2.75, 3.05) is 6.54 Å². The second-order valence-electron chi connectivity index (χ2n) is 6.04. The van der Waals surface area contributed by atoms with Crippen LogP contribution in [0.1, 0.15) is 48.5 Å². The molecule has 0 heterocycles. The van der Waals surface area contributed by atoms with Gasteiger partial charge in [0.25, 0.3) is 0 Å². The van der Waals surface area contributed by atoms with E-state index >= 15 is 0 Å². The van der Waals surface area contributed by atoms with Gasteiger partial charge in [-0.15, -0.1) is 6.58 Å². The van der Waals surface area contributed by atoms with Crippen LogP contribution in [0.25, 0.3) is 0 Å². The molecule has 1 N–H and O–H groups in total. The van der Waals surface area contributed by atoms with E-state index in [9.17, 15) is 0 Å². The van der Waals surface area contributed by atoms with Crippen molar-refractivity contribution in [3.05, 3.63) is 12.3 Å². The van der Waals surface area contributed by atoms with Gasteiger partial charge in [0, 0.05) is 0 Å². The average Bonchev–Trinajstić information content (AvgIpc) is 1.94. The SMILES string of the molecule is C=C[Si](NCC)(C(C)(C)C)C(C)(C)C. The van der Waals surface area contributed by atoms with Crippen LogP contribution in [0.3, 0.4) is 0 Å². The smallest absolute Gasteiger partial charge is 0.160 e. The maximum atomic E-state index is 4.08. The van der Waals surface area contributed by atoms with Crippen LogP contribution in [-0.4, -0.2) is 14.8 Å². The Morgan fingerprint density at radius 1 is 1.07 bits per heavy atom. The van der Waals surface area contributed by atoms with Gasteiger partial charge < -0.3 is 4.98 Å². The Kier molecular flexibility index (Phi) is 4.17. The van der Waals surface area contributed by atoms with Crippen molar-refractivity contribution < 1.29 is 0 Å². The van der Waals surface area contributed by atoms with Crippen LogP contribution in [0, 0.1) is 0 Å². The van der Waals surface area contributed by atoms with Gasteiger partial charge in [-0.1, -0.05) is 54.2 Å². The molecule has 0 aliphatic rings. The first kappa shape index (κ1) is 13.9. The molecule has 0 aromatic carbocycles. The minimum absolute atomic E-state index is 0.309. The van der Waals surface area contributed by atoms with E-state index in [0.29, 0.717) is 10.1 Å². The van der Waals surface area contributed by atoms with Gasteiger partial charge in [-0.3, -0.25) is 0 Å². The average molecular weight is 213 g/mol. The lowest BCUT2D eigenvalue weighted by Crippen LogP contribution is -2.62. The van der Waals surface area contributed by atoms with E-state index in [1.54, 1.807) is 0 Å². The van der Waals surface area contributed by atoms with Crippen molar-refractivity contribution in [3.63, 3.8) is 0 Å². The third-order valence-electron chi connectivity index (χ3n) is 3.13. The van der Waals surface area contributed by atoms with E-state index in [4.69, 9.17) is 0 Å². The predicted molar refractivity (Wildman–Crippen MR) is 69.1 cm³/mol. The van der Waals surface area contributed by atoms with Crippen molar-refractivity contribution in [2.24, 2.45) is 0 Å². The summed E-state index contributed by atoms with van der Waals surface area (Å²) in [5.41, 5.74) is 2.22. The zero-order valence-electron chi connectivity index (χ0n) is 11.0. The first-order valence-corrected chi connectivity index (χ1v) is 7.58. The zero-order valence-corrected chi connectivity index (χ0v) is 12.0. The van der Waals surface area contributed by atoms with Crippen LogP contribution in [0.15, 0.2) is 12.3 Å². The minimum atomic E-state index is -1.66. The Balaban J connectivity index is 5.32. The summed E-state index contributed by atoms with van der Waals surface area (Å²) in [6.07, 6.45) is 0. The Labute approximate surface area is 91.1 Å². The monoisotopic (exact) mass is 213 g/mol. The molecule has 0 aromatic heterocycles. The van der Waals surface area contributed by atoms with Crippen LogP contribution < -0.4 is 4.98 Å². The fraction of sp³-hybridized carbons (Fsp3) is 0.833. The molecule has 0 fully saturated rings. The predicted octanol–water partition coefficient (Wildman–Crippen LogP) is 3.87. The third kappa shape index (κ3) is 2.29. The second-order valence-corrected chi connectivity index (χ2v) is 11.4. The van der Waals surface area contributed by atoms with Crippen molar-refractivity contribution in [3.8, 4) is 0 Å². The fourth-order valence-corrected chi connectivity index (χ4v) is 7.86. The summed E-state index contributed by atoms with van der Waals surface area (Å²) in [6, 6.07) is 0. The van der Waals surface area contributed by atoms with Gasteiger partial charge >= 0.3 is 0 Å². The van der Waals surface area contributed by atoms with E-state index in [-0.39, 0.29) is 0 Å². The van der Waals surface area contributed by atoms with Crippen LogP contribution in [-0.2, 0) is 0 Å². The van der Waals surface area contributed by atoms with Crippen molar-refractivity contribution in [1.82, 2.24) is 4.98 Å². The van der Waals surface area contributed by atoms with Crippen molar-refractivity contribution in [1.29, 1.82) is 0 Å². The van der Waals surface area contributed by atoms with Crippen LogP contribution in [0.4, 0.5) is 0 Å². The van der Waals surface area contributed by atoms with Crippen molar-refractivity contribution in [2.45, 2.75) is 58.5 Å². The highest BCUT2D eigenvalue weighted by Crippen LogP contribution is 2.49. The summed E-state index contributed by atoms with van der Waals surface area (Å²) in [4.78, 5) is 3.75.